The molecule has 0 spiro atoms. The summed E-state index contributed by atoms with van der Waals surface area (Å²) < 4.78 is 0. The zero-order valence-corrected chi connectivity index (χ0v) is 32.1. The Morgan fingerprint density at radius 3 is 1.86 bits per heavy atom. The van der Waals surface area contributed by atoms with Crippen LogP contribution in [0.3, 0.4) is 0 Å². The van der Waals surface area contributed by atoms with Crippen molar-refractivity contribution in [3.8, 4) is 44.5 Å². The van der Waals surface area contributed by atoms with Crippen molar-refractivity contribution in [1.29, 1.82) is 0 Å². The zero-order valence-electron chi connectivity index (χ0n) is 32.1. The van der Waals surface area contributed by atoms with E-state index < -0.39 is 0 Å². The third-order valence-electron chi connectivity index (χ3n) is 12.2. The fourth-order valence-electron chi connectivity index (χ4n) is 9.62. The summed E-state index contributed by atoms with van der Waals surface area (Å²) in [4.78, 5) is 6.43. The molecule has 2 nitrogen and oxygen atoms in total. The summed E-state index contributed by atoms with van der Waals surface area (Å²) in [5.74, 6) is 0. The van der Waals surface area contributed by atoms with Crippen LogP contribution in [0.5, 0.6) is 0 Å². The van der Waals surface area contributed by atoms with Gasteiger partial charge in [0.1, 0.15) is 0 Å². The standard InChI is InChI=1S/C55H40N2/c1-35-36(2)55(57(41-24-10-5-11-25-41)49-31-16-23-37-20-12-13-26-42(37)49)47-34-40-32-33-43(38-18-6-3-7-19-38)51(39-21-8-4-9-22-39)52(40)53(47)50(35)46-29-17-28-45-44-27-14-15-30-48(44)56-54(45)46/h3-33,56H,34H2,1-2H3. The Morgan fingerprint density at radius 1 is 0.439 bits per heavy atom. The van der Waals surface area contributed by atoms with Crippen LogP contribution >= 0.6 is 0 Å². The molecule has 2 heteroatoms. The minimum absolute atomic E-state index is 0.819. The topological polar surface area (TPSA) is 19.0 Å². The van der Waals surface area contributed by atoms with E-state index in [-0.39, 0.29) is 0 Å². The molecule has 0 radical (unpaired) electrons. The van der Waals surface area contributed by atoms with E-state index in [0.29, 0.717) is 0 Å². The Balaban J connectivity index is 1.31. The Kier molecular flexibility index (Phi) is 7.72. The molecule has 1 N–H and O–H groups in total. The first-order valence-corrected chi connectivity index (χ1v) is 19.9. The Morgan fingerprint density at radius 2 is 1.07 bits per heavy atom. The van der Waals surface area contributed by atoms with Gasteiger partial charge in [-0.2, -0.15) is 0 Å². The van der Waals surface area contributed by atoms with Crippen LogP contribution in [0.15, 0.2) is 188 Å². The van der Waals surface area contributed by atoms with Crippen molar-refractivity contribution in [3.05, 3.63) is 210 Å². The highest BCUT2D eigenvalue weighted by molar-refractivity contribution is 6.15. The molecule has 1 heterocycles. The average Bonchev–Trinajstić information content (AvgIpc) is 3.85. The van der Waals surface area contributed by atoms with Crippen molar-refractivity contribution < 1.29 is 0 Å². The van der Waals surface area contributed by atoms with E-state index in [1.165, 1.54) is 105 Å². The van der Waals surface area contributed by atoms with Crippen LogP contribution in [-0.4, -0.2) is 4.98 Å². The van der Waals surface area contributed by atoms with Gasteiger partial charge in [-0.1, -0.05) is 164 Å². The third-order valence-corrected chi connectivity index (χ3v) is 12.2. The molecule has 0 fully saturated rings. The maximum Gasteiger partial charge on any atom is 0.0544 e. The van der Waals surface area contributed by atoms with Gasteiger partial charge in [-0.05, 0) is 105 Å². The summed E-state index contributed by atoms with van der Waals surface area (Å²) in [5.41, 5.74) is 21.4. The van der Waals surface area contributed by atoms with Crippen molar-refractivity contribution in [1.82, 2.24) is 4.98 Å². The number of hydrogen-bond donors (Lipinski definition) is 1. The van der Waals surface area contributed by atoms with Crippen molar-refractivity contribution in [2.24, 2.45) is 0 Å². The lowest BCUT2D eigenvalue weighted by Gasteiger charge is -2.32. The molecule has 1 aliphatic carbocycles. The van der Waals surface area contributed by atoms with E-state index >= 15 is 0 Å². The molecule has 1 aliphatic rings. The van der Waals surface area contributed by atoms with E-state index in [4.69, 9.17) is 0 Å². The molecular weight excluding hydrogens is 689 g/mol. The lowest BCUT2D eigenvalue weighted by Crippen LogP contribution is -2.15. The molecule has 10 aromatic rings. The molecule has 0 unspecified atom stereocenters. The molecule has 0 saturated carbocycles. The number of H-pyrrole nitrogens is 1. The Bertz CT molecular complexity index is 3150. The summed E-state index contributed by atoms with van der Waals surface area (Å²) >= 11 is 0. The van der Waals surface area contributed by atoms with Gasteiger partial charge in [0.05, 0.1) is 16.9 Å². The highest BCUT2D eigenvalue weighted by Gasteiger charge is 2.35. The number of para-hydroxylation sites is 3. The van der Waals surface area contributed by atoms with Gasteiger partial charge in [-0.25, -0.2) is 0 Å². The maximum absolute atomic E-state index is 3.89. The summed E-state index contributed by atoms with van der Waals surface area (Å²) in [7, 11) is 0. The number of benzene rings is 9. The number of aromatic nitrogens is 1. The van der Waals surface area contributed by atoms with Crippen LogP contribution < -0.4 is 4.90 Å². The number of fused-ring (bicyclic) bond motifs is 7. The number of nitrogens with zero attached hydrogens (tertiary/aromatic N) is 1. The van der Waals surface area contributed by atoms with Crippen molar-refractivity contribution in [2.45, 2.75) is 20.3 Å². The van der Waals surface area contributed by atoms with Crippen LogP contribution in [0.4, 0.5) is 17.1 Å². The summed E-state index contributed by atoms with van der Waals surface area (Å²) in [6, 6.07) is 68.7. The third kappa shape index (κ3) is 5.18. The number of nitrogens with one attached hydrogen (secondary N) is 1. The largest absolute Gasteiger partial charge is 0.354 e. The smallest absolute Gasteiger partial charge is 0.0544 e. The van der Waals surface area contributed by atoms with Gasteiger partial charge in [0.2, 0.25) is 0 Å². The molecule has 0 bridgehead atoms. The number of rotatable bonds is 6. The summed E-state index contributed by atoms with van der Waals surface area (Å²) in [5, 5.41) is 4.96. The van der Waals surface area contributed by atoms with Gasteiger partial charge in [0, 0.05) is 39.3 Å². The lowest BCUT2D eigenvalue weighted by molar-refractivity contribution is 1.17. The average molecular weight is 729 g/mol. The zero-order chi connectivity index (χ0) is 38.0. The summed E-state index contributed by atoms with van der Waals surface area (Å²) in [6.07, 6.45) is 0.819. The molecule has 270 valence electrons. The fourth-order valence-corrected chi connectivity index (χ4v) is 9.62. The second-order valence-electron chi connectivity index (χ2n) is 15.3. The predicted molar refractivity (Wildman–Crippen MR) is 242 cm³/mol. The second-order valence-corrected chi connectivity index (χ2v) is 15.3. The fraction of sp³-hybridized carbons (Fsp3) is 0.0545. The first kappa shape index (κ1) is 33.2. The van der Waals surface area contributed by atoms with Crippen molar-refractivity contribution in [2.75, 3.05) is 4.90 Å². The molecule has 0 aliphatic heterocycles. The van der Waals surface area contributed by atoms with E-state index in [9.17, 15) is 0 Å². The van der Waals surface area contributed by atoms with Gasteiger partial charge in [-0.15, -0.1) is 0 Å². The first-order valence-electron chi connectivity index (χ1n) is 19.9. The minimum atomic E-state index is 0.819. The SMILES string of the molecule is Cc1c(C)c(N(c2ccccc2)c2cccc3ccccc23)c2c(c1-c1cccc3c1[nH]c1ccccc13)-c1c(ccc(-c3ccccc3)c1-c1ccccc1)C2. The number of hydrogen-bond acceptors (Lipinski definition) is 1. The van der Waals surface area contributed by atoms with E-state index in [1.54, 1.807) is 0 Å². The molecule has 0 atom stereocenters. The Labute approximate surface area is 333 Å². The van der Waals surface area contributed by atoms with Crippen LogP contribution in [0, 0.1) is 13.8 Å². The Hall–Kier alpha value is -7.16. The van der Waals surface area contributed by atoms with Gasteiger partial charge in [0.15, 0.2) is 0 Å². The van der Waals surface area contributed by atoms with Gasteiger partial charge in [0.25, 0.3) is 0 Å². The molecule has 9 aromatic carbocycles. The molecule has 57 heavy (non-hydrogen) atoms. The van der Waals surface area contributed by atoms with Crippen LogP contribution in [0.25, 0.3) is 77.1 Å². The first-order chi connectivity index (χ1) is 28.2. The number of anilines is 3. The maximum atomic E-state index is 3.89. The highest BCUT2D eigenvalue weighted by Crippen LogP contribution is 2.57. The molecule has 11 rings (SSSR count). The van der Waals surface area contributed by atoms with Gasteiger partial charge in [-0.3, -0.25) is 0 Å². The van der Waals surface area contributed by atoms with Crippen LogP contribution in [-0.2, 0) is 6.42 Å². The van der Waals surface area contributed by atoms with Crippen molar-refractivity contribution in [3.63, 3.8) is 0 Å². The second kappa shape index (κ2) is 13.3. The molecule has 1 aromatic heterocycles. The number of aromatic amines is 1. The van der Waals surface area contributed by atoms with Crippen molar-refractivity contribution >= 4 is 49.6 Å². The van der Waals surface area contributed by atoms with Gasteiger partial charge >= 0.3 is 0 Å². The van der Waals surface area contributed by atoms with E-state index in [0.717, 1.165) is 17.6 Å². The highest BCUT2D eigenvalue weighted by atomic mass is 15.1. The lowest BCUT2D eigenvalue weighted by atomic mass is 9.81. The van der Waals surface area contributed by atoms with E-state index in [1.807, 2.05) is 0 Å². The normalized spacial score (nSPS) is 12.0. The minimum Gasteiger partial charge on any atom is -0.354 e. The quantitative estimate of drug-likeness (QED) is 0.181. The summed E-state index contributed by atoms with van der Waals surface area (Å²) in [6.45, 7) is 4.70. The van der Waals surface area contributed by atoms with E-state index in [2.05, 4.69) is 212 Å². The molecular formula is C55H40N2. The van der Waals surface area contributed by atoms with Crippen LogP contribution in [0.2, 0.25) is 0 Å². The van der Waals surface area contributed by atoms with Crippen LogP contribution in [0.1, 0.15) is 22.3 Å². The molecule has 0 amide bonds. The predicted octanol–water partition coefficient (Wildman–Crippen LogP) is 15.1. The monoisotopic (exact) mass is 728 g/mol. The molecule has 0 saturated heterocycles. The van der Waals surface area contributed by atoms with Gasteiger partial charge < -0.3 is 9.88 Å².